The summed E-state index contributed by atoms with van der Waals surface area (Å²) in [6, 6.07) is 9.32. The molecule has 0 saturated carbocycles. The lowest BCUT2D eigenvalue weighted by Crippen LogP contribution is -2.31. The van der Waals surface area contributed by atoms with Gasteiger partial charge in [0, 0.05) is 6.61 Å². The Kier molecular flexibility index (Phi) is 3.84. The molecule has 2 rings (SSSR count). The van der Waals surface area contributed by atoms with Crippen molar-refractivity contribution in [2.75, 3.05) is 6.61 Å². The van der Waals surface area contributed by atoms with Gasteiger partial charge in [-0.25, -0.2) is 8.42 Å². The highest BCUT2D eigenvalue weighted by atomic mass is 32.2. The van der Waals surface area contributed by atoms with Gasteiger partial charge in [0.15, 0.2) is 15.3 Å². The second kappa shape index (κ2) is 5.19. The van der Waals surface area contributed by atoms with E-state index in [9.17, 15) is 8.42 Å². The molecule has 0 spiro atoms. The maximum absolute atomic E-state index is 12.4. The maximum Gasteiger partial charge on any atom is 0.183 e. The molecule has 3 nitrogen and oxygen atoms in total. The zero-order chi connectivity index (χ0) is 12.3. The van der Waals surface area contributed by atoms with Crippen molar-refractivity contribution in [3.63, 3.8) is 0 Å². The zero-order valence-electron chi connectivity index (χ0n) is 10.0. The topological polar surface area (TPSA) is 43.4 Å². The average Bonchev–Trinajstić information content (AvgIpc) is 2.40. The van der Waals surface area contributed by atoms with Crippen molar-refractivity contribution in [3.05, 3.63) is 35.9 Å². The Morgan fingerprint density at radius 1 is 1.24 bits per heavy atom. The molecule has 2 atom stereocenters. The van der Waals surface area contributed by atoms with E-state index in [4.69, 9.17) is 4.74 Å². The van der Waals surface area contributed by atoms with E-state index in [0.717, 1.165) is 18.4 Å². The summed E-state index contributed by atoms with van der Waals surface area (Å²) in [7, 11) is -3.24. The predicted molar refractivity (Wildman–Crippen MR) is 67.4 cm³/mol. The van der Waals surface area contributed by atoms with Crippen LogP contribution in [-0.2, 0) is 14.6 Å². The molecule has 0 N–H and O–H groups in total. The van der Waals surface area contributed by atoms with Gasteiger partial charge in [-0.05, 0) is 31.7 Å². The first-order chi connectivity index (χ1) is 8.12. The Bertz CT molecular complexity index is 447. The normalized spacial score (nSPS) is 23.2. The van der Waals surface area contributed by atoms with Gasteiger partial charge < -0.3 is 4.74 Å². The van der Waals surface area contributed by atoms with Gasteiger partial charge in [0.25, 0.3) is 0 Å². The van der Waals surface area contributed by atoms with Crippen molar-refractivity contribution >= 4 is 9.84 Å². The van der Waals surface area contributed by atoms with E-state index in [0.29, 0.717) is 13.0 Å². The molecule has 0 radical (unpaired) electrons. The lowest BCUT2D eigenvalue weighted by molar-refractivity contribution is 0.0656. The summed E-state index contributed by atoms with van der Waals surface area (Å²) < 4.78 is 30.1. The van der Waals surface area contributed by atoms with Crippen LogP contribution < -0.4 is 0 Å². The molecule has 2 unspecified atom stereocenters. The highest BCUT2D eigenvalue weighted by Crippen LogP contribution is 2.29. The SMILES string of the molecule is CC(c1ccccc1)S(=O)(=O)C1CCCCO1. The van der Waals surface area contributed by atoms with E-state index in [1.54, 1.807) is 6.92 Å². The van der Waals surface area contributed by atoms with E-state index in [-0.39, 0.29) is 0 Å². The summed E-state index contributed by atoms with van der Waals surface area (Å²) in [5, 5.41) is -0.494. The summed E-state index contributed by atoms with van der Waals surface area (Å²) in [6.07, 6.45) is 2.52. The third kappa shape index (κ3) is 2.69. The van der Waals surface area contributed by atoms with Crippen LogP contribution in [0, 0.1) is 0 Å². The summed E-state index contributed by atoms with van der Waals surface area (Å²) in [5.74, 6) is 0. The quantitative estimate of drug-likeness (QED) is 0.833. The van der Waals surface area contributed by atoms with Gasteiger partial charge in [-0.3, -0.25) is 0 Å². The molecule has 1 saturated heterocycles. The third-order valence-corrected chi connectivity index (χ3v) is 5.63. The molecule has 0 amide bonds. The van der Waals surface area contributed by atoms with Gasteiger partial charge in [-0.1, -0.05) is 30.3 Å². The molecule has 1 aliphatic heterocycles. The van der Waals surface area contributed by atoms with Gasteiger partial charge >= 0.3 is 0 Å². The minimum Gasteiger partial charge on any atom is -0.362 e. The average molecular weight is 254 g/mol. The van der Waals surface area contributed by atoms with Gasteiger partial charge in [-0.2, -0.15) is 0 Å². The van der Waals surface area contributed by atoms with E-state index in [2.05, 4.69) is 0 Å². The number of rotatable bonds is 3. The van der Waals surface area contributed by atoms with Gasteiger partial charge in [0.05, 0.1) is 5.25 Å². The molecule has 1 aliphatic rings. The number of sulfone groups is 1. The first kappa shape index (κ1) is 12.6. The van der Waals surface area contributed by atoms with Crippen LogP contribution in [0.25, 0.3) is 0 Å². The van der Waals surface area contributed by atoms with Gasteiger partial charge in [0.1, 0.15) is 0 Å². The Morgan fingerprint density at radius 2 is 1.94 bits per heavy atom. The van der Waals surface area contributed by atoms with Crippen molar-refractivity contribution < 1.29 is 13.2 Å². The number of ether oxygens (including phenoxy) is 1. The fourth-order valence-corrected chi connectivity index (χ4v) is 3.88. The van der Waals surface area contributed by atoms with Crippen molar-refractivity contribution in [2.24, 2.45) is 0 Å². The molecule has 1 heterocycles. The summed E-state index contributed by atoms with van der Waals surface area (Å²) in [6.45, 7) is 2.30. The molecule has 17 heavy (non-hydrogen) atoms. The molecule has 4 heteroatoms. The van der Waals surface area contributed by atoms with Gasteiger partial charge in [0.2, 0.25) is 0 Å². The van der Waals surface area contributed by atoms with Crippen LogP contribution in [0.15, 0.2) is 30.3 Å². The number of hydrogen-bond donors (Lipinski definition) is 0. The molecule has 0 aromatic heterocycles. The molecule has 1 aromatic carbocycles. The molecule has 0 bridgehead atoms. The van der Waals surface area contributed by atoms with E-state index in [1.807, 2.05) is 30.3 Å². The molecule has 1 aromatic rings. The van der Waals surface area contributed by atoms with Gasteiger partial charge in [-0.15, -0.1) is 0 Å². The van der Waals surface area contributed by atoms with Crippen LogP contribution in [0.4, 0.5) is 0 Å². The maximum atomic E-state index is 12.4. The minimum atomic E-state index is -3.24. The predicted octanol–water partition coefficient (Wildman–Crippen LogP) is 2.69. The largest absolute Gasteiger partial charge is 0.362 e. The van der Waals surface area contributed by atoms with Crippen LogP contribution >= 0.6 is 0 Å². The molecule has 1 fully saturated rings. The number of hydrogen-bond acceptors (Lipinski definition) is 3. The zero-order valence-corrected chi connectivity index (χ0v) is 10.8. The van der Waals surface area contributed by atoms with Crippen LogP contribution in [0.3, 0.4) is 0 Å². The molecular formula is C13H18O3S. The lowest BCUT2D eigenvalue weighted by atomic mass is 10.2. The standard InChI is InChI=1S/C13H18O3S/c1-11(12-7-3-2-4-8-12)17(14,15)13-9-5-6-10-16-13/h2-4,7-8,11,13H,5-6,9-10H2,1H3. The highest BCUT2D eigenvalue weighted by Gasteiger charge is 2.33. The molecular weight excluding hydrogens is 236 g/mol. The fraction of sp³-hybridized carbons (Fsp3) is 0.538. The lowest BCUT2D eigenvalue weighted by Gasteiger charge is -2.25. The van der Waals surface area contributed by atoms with Crippen LogP contribution in [0.5, 0.6) is 0 Å². The fourth-order valence-electron chi connectivity index (χ4n) is 2.11. The smallest absolute Gasteiger partial charge is 0.183 e. The molecule has 0 aliphatic carbocycles. The Labute approximate surface area is 103 Å². The second-order valence-corrected chi connectivity index (χ2v) is 6.85. The summed E-state index contributed by atoms with van der Waals surface area (Å²) in [5.41, 5.74) is 0.216. The monoisotopic (exact) mass is 254 g/mol. The van der Waals surface area contributed by atoms with Crippen LogP contribution in [-0.4, -0.2) is 20.5 Å². The van der Waals surface area contributed by atoms with Crippen molar-refractivity contribution in [3.8, 4) is 0 Å². The Morgan fingerprint density at radius 3 is 2.53 bits per heavy atom. The molecule has 94 valence electrons. The number of benzene rings is 1. The van der Waals surface area contributed by atoms with E-state index >= 15 is 0 Å². The van der Waals surface area contributed by atoms with Crippen molar-refractivity contribution in [1.29, 1.82) is 0 Å². The summed E-state index contributed by atoms with van der Waals surface area (Å²) in [4.78, 5) is 0. The third-order valence-electron chi connectivity index (χ3n) is 3.27. The first-order valence-corrected chi connectivity index (χ1v) is 7.62. The summed E-state index contributed by atoms with van der Waals surface area (Å²) >= 11 is 0. The Balaban J connectivity index is 2.20. The second-order valence-electron chi connectivity index (χ2n) is 4.44. The highest BCUT2D eigenvalue weighted by molar-refractivity contribution is 7.92. The van der Waals surface area contributed by atoms with Crippen LogP contribution in [0.2, 0.25) is 0 Å². The van der Waals surface area contributed by atoms with E-state index < -0.39 is 20.5 Å². The Hall–Kier alpha value is -0.870. The minimum absolute atomic E-state index is 0.494. The van der Waals surface area contributed by atoms with Crippen molar-refractivity contribution in [1.82, 2.24) is 0 Å². The van der Waals surface area contributed by atoms with E-state index in [1.165, 1.54) is 0 Å². The first-order valence-electron chi connectivity index (χ1n) is 6.01. The van der Waals surface area contributed by atoms with Crippen LogP contribution in [0.1, 0.15) is 37.0 Å². The van der Waals surface area contributed by atoms with Crippen molar-refractivity contribution in [2.45, 2.75) is 36.9 Å².